The van der Waals surface area contributed by atoms with Gasteiger partial charge < -0.3 is 10.1 Å². The Balaban J connectivity index is 2.07. The van der Waals surface area contributed by atoms with Gasteiger partial charge in [-0.15, -0.1) is 0 Å². The largest absolute Gasteiger partial charge is 0.383 e. The third-order valence-corrected chi connectivity index (χ3v) is 3.52. The molecule has 2 rings (SSSR count). The van der Waals surface area contributed by atoms with Crippen LogP contribution in [0.1, 0.15) is 36.6 Å². The molecule has 0 aliphatic rings. The quantitative estimate of drug-likeness (QED) is 0.796. The van der Waals surface area contributed by atoms with E-state index < -0.39 is 0 Å². The van der Waals surface area contributed by atoms with Crippen LogP contribution in [0.5, 0.6) is 0 Å². The number of rotatable bonds is 7. The normalized spacial score (nSPS) is 11.3. The number of nitrogens with one attached hydrogen (secondary N) is 1. The SMILES string of the molecule is COCCNCc1ccc(-n2ccc(C(C)C)n2)c(C)c1. The Morgan fingerprint density at radius 1 is 1.29 bits per heavy atom. The van der Waals surface area contributed by atoms with E-state index in [-0.39, 0.29) is 0 Å². The summed E-state index contributed by atoms with van der Waals surface area (Å²) in [5.41, 5.74) is 4.78. The van der Waals surface area contributed by atoms with E-state index in [4.69, 9.17) is 4.74 Å². The van der Waals surface area contributed by atoms with Crippen LogP contribution in [0.3, 0.4) is 0 Å². The molecule has 1 aromatic carbocycles. The van der Waals surface area contributed by atoms with Crippen molar-refractivity contribution in [3.8, 4) is 5.69 Å². The Morgan fingerprint density at radius 2 is 2.10 bits per heavy atom. The van der Waals surface area contributed by atoms with Crippen molar-refractivity contribution in [1.82, 2.24) is 15.1 Å². The van der Waals surface area contributed by atoms with Crippen molar-refractivity contribution < 1.29 is 4.74 Å². The molecule has 0 saturated carbocycles. The minimum atomic E-state index is 0.454. The summed E-state index contributed by atoms with van der Waals surface area (Å²) < 4.78 is 6.99. The minimum Gasteiger partial charge on any atom is -0.383 e. The summed E-state index contributed by atoms with van der Waals surface area (Å²) in [5, 5.41) is 8.00. The van der Waals surface area contributed by atoms with Crippen LogP contribution in [0, 0.1) is 6.92 Å². The molecule has 4 nitrogen and oxygen atoms in total. The van der Waals surface area contributed by atoms with Gasteiger partial charge in [0.25, 0.3) is 0 Å². The maximum atomic E-state index is 5.03. The Hall–Kier alpha value is -1.65. The number of aromatic nitrogens is 2. The average Bonchev–Trinajstić information content (AvgIpc) is 2.93. The van der Waals surface area contributed by atoms with Gasteiger partial charge in [-0.1, -0.05) is 26.0 Å². The van der Waals surface area contributed by atoms with Crippen molar-refractivity contribution >= 4 is 0 Å². The highest BCUT2D eigenvalue weighted by molar-refractivity contribution is 5.42. The number of hydrogen-bond acceptors (Lipinski definition) is 3. The number of aryl methyl sites for hydroxylation is 1. The van der Waals surface area contributed by atoms with Gasteiger partial charge >= 0.3 is 0 Å². The van der Waals surface area contributed by atoms with Crippen molar-refractivity contribution in [2.75, 3.05) is 20.3 Å². The first-order chi connectivity index (χ1) is 10.1. The predicted molar refractivity (Wildman–Crippen MR) is 86.0 cm³/mol. The second-order valence-corrected chi connectivity index (χ2v) is 5.63. The highest BCUT2D eigenvalue weighted by Crippen LogP contribution is 2.18. The summed E-state index contributed by atoms with van der Waals surface area (Å²) in [7, 11) is 1.72. The highest BCUT2D eigenvalue weighted by atomic mass is 16.5. The zero-order valence-corrected chi connectivity index (χ0v) is 13.4. The zero-order valence-electron chi connectivity index (χ0n) is 13.4. The summed E-state index contributed by atoms with van der Waals surface area (Å²) in [5.74, 6) is 0.454. The molecule has 0 spiro atoms. The standard InChI is InChI=1S/C17H25N3O/c1-13(2)16-7-9-20(19-16)17-6-5-15(11-14(17)3)12-18-8-10-21-4/h5-7,9,11,13,18H,8,10,12H2,1-4H3. The lowest BCUT2D eigenvalue weighted by atomic mass is 10.1. The highest BCUT2D eigenvalue weighted by Gasteiger charge is 2.07. The first-order valence-corrected chi connectivity index (χ1v) is 7.47. The van der Waals surface area contributed by atoms with E-state index in [1.165, 1.54) is 11.1 Å². The van der Waals surface area contributed by atoms with E-state index in [2.05, 4.69) is 55.5 Å². The minimum absolute atomic E-state index is 0.454. The number of hydrogen-bond donors (Lipinski definition) is 1. The molecule has 1 aromatic heterocycles. The van der Waals surface area contributed by atoms with Crippen molar-refractivity contribution in [1.29, 1.82) is 0 Å². The maximum absolute atomic E-state index is 5.03. The number of nitrogens with zero attached hydrogens (tertiary/aromatic N) is 2. The first kappa shape index (κ1) is 15.7. The van der Waals surface area contributed by atoms with E-state index in [9.17, 15) is 0 Å². The van der Waals surface area contributed by atoms with Crippen LogP contribution in [-0.2, 0) is 11.3 Å². The molecule has 0 aliphatic heterocycles. The van der Waals surface area contributed by atoms with Crippen LogP contribution >= 0.6 is 0 Å². The molecule has 0 amide bonds. The molecule has 4 heteroatoms. The monoisotopic (exact) mass is 287 g/mol. The summed E-state index contributed by atoms with van der Waals surface area (Å²) in [6.07, 6.45) is 2.04. The molecule has 0 saturated heterocycles. The summed E-state index contributed by atoms with van der Waals surface area (Å²) in [4.78, 5) is 0. The van der Waals surface area contributed by atoms with Gasteiger partial charge in [0.2, 0.25) is 0 Å². The Morgan fingerprint density at radius 3 is 2.71 bits per heavy atom. The van der Waals surface area contributed by atoms with Crippen LogP contribution in [0.25, 0.3) is 5.69 Å². The molecule has 0 bridgehead atoms. The van der Waals surface area contributed by atoms with Crippen molar-refractivity contribution in [2.45, 2.75) is 33.2 Å². The Labute approximate surface area is 127 Å². The third kappa shape index (κ3) is 4.16. The lowest BCUT2D eigenvalue weighted by Crippen LogP contribution is -2.18. The maximum Gasteiger partial charge on any atom is 0.0675 e. The van der Waals surface area contributed by atoms with E-state index in [0.29, 0.717) is 5.92 Å². The van der Waals surface area contributed by atoms with Gasteiger partial charge in [0, 0.05) is 26.4 Å². The van der Waals surface area contributed by atoms with Crippen molar-refractivity contribution in [3.63, 3.8) is 0 Å². The Bertz CT molecular complexity index is 575. The molecule has 2 aromatic rings. The van der Waals surface area contributed by atoms with E-state index in [1.807, 2.05) is 10.9 Å². The molecular weight excluding hydrogens is 262 g/mol. The molecule has 0 unspecified atom stereocenters. The molecule has 0 fully saturated rings. The Kier molecular flexibility index (Phi) is 5.53. The molecule has 1 N–H and O–H groups in total. The molecule has 114 valence electrons. The molecule has 0 aliphatic carbocycles. The fraction of sp³-hybridized carbons (Fsp3) is 0.471. The summed E-state index contributed by atoms with van der Waals surface area (Å²) in [6.45, 7) is 8.92. The zero-order chi connectivity index (χ0) is 15.2. The van der Waals surface area contributed by atoms with Crippen LogP contribution in [0.2, 0.25) is 0 Å². The molecule has 1 heterocycles. The van der Waals surface area contributed by atoms with Crippen LogP contribution in [0.15, 0.2) is 30.5 Å². The number of ether oxygens (including phenoxy) is 1. The average molecular weight is 287 g/mol. The number of methoxy groups -OCH3 is 1. The van der Waals surface area contributed by atoms with Crippen molar-refractivity contribution in [2.24, 2.45) is 0 Å². The van der Waals surface area contributed by atoms with E-state index in [0.717, 1.165) is 31.1 Å². The fourth-order valence-corrected chi connectivity index (χ4v) is 2.27. The van der Waals surface area contributed by atoms with Crippen molar-refractivity contribution in [3.05, 3.63) is 47.3 Å². The van der Waals surface area contributed by atoms with Crippen LogP contribution < -0.4 is 5.32 Å². The van der Waals surface area contributed by atoms with Gasteiger partial charge in [0.15, 0.2) is 0 Å². The fourth-order valence-electron chi connectivity index (χ4n) is 2.27. The van der Waals surface area contributed by atoms with Gasteiger partial charge in [0.05, 0.1) is 18.0 Å². The first-order valence-electron chi connectivity index (χ1n) is 7.47. The smallest absolute Gasteiger partial charge is 0.0675 e. The summed E-state index contributed by atoms with van der Waals surface area (Å²) >= 11 is 0. The van der Waals surface area contributed by atoms with Gasteiger partial charge in [-0.25, -0.2) is 4.68 Å². The molecule has 0 atom stereocenters. The topological polar surface area (TPSA) is 39.1 Å². The molecule has 21 heavy (non-hydrogen) atoms. The lowest BCUT2D eigenvalue weighted by Gasteiger charge is -2.10. The van der Waals surface area contributed by atoms with Crippen LogP contribution in [-0.4, -0.2) is 30.0 Å². The second-order valence-electron chi connectivity index (χ2n) is 5.63. The van der Waals surface area contributed by atoms with Crippen LogP contribution in [0.4, 0.5) is 0 Å². The third-order valence-electron chi connectivity index (χ3n) is 3.52. The number of benzene rings is 1. The van der Waals surface area contributed by atoms with Gasteiger partial charge in [0.1, 0.15) is 0 Å². The summed E-state index contributed by atoms with van der Waals surface area (Å²) in [6, 6.07) is 8.59. The lowest BCUT2D eigenvalue weighted by molar-refractivity contribution is 0.199. The molecule has 0 radical (unpaired) electrons. The van der Waals surface area contributed by atoms with Gasteiger partial charge in [-0.2, -0.15) is 5.10 Å². The van der Waals surface area contributed by atoms with E-state index in [1.54, 1.807) is 7.11 Å². The molecular formula is C17H25N3O. The van der Waals surface area contributed by atoms with Gasteiger partial charge in [-0.05, 0) is 36.1 Å². The predicted octanol–water partition coefficient (Wildman–Crippen LogP) is 3.04. The second kappa shape index (κ2) is 7.38. The van der Waals surface area contributed by atoms with Gasteiger partial charge in [-0.3, -0.25) is 0 Å². The van der Waals surface area contributed by atoms with E-state index >= 15 is 0 Å².